The zero-order valence-corrected chi connectivity index (χ0v) is 10.9. The number of hydrogen-bond acceptors (Lipinski definition) is 3. The highest BCUT2D eigenvalue weighted by molar-refractivity contribution is 5.14. The highest BCUT2D eigenvalue weighted by Gasteiger charge is 2.07. The van der Waals surface area contributed by atoms with Crippen LogP contribution in [0.5, 0.6) is 0 Å². The highest BCUT2D eigenvalue weighted by atomic mass is 16.5. The molecule has 3 nitrogen and oxygen atoms in total. The van der Waals surface area contributed by atoms with Crippen LogP contribution in [0.3, 0.4) is 0 Å². The van der Waals surface area contributed by atoms with Gasteiger partial charge in [-0.3, -0.25) is 4.98 Å². The fourth-order valence-corrected chi connectivity index (χ4v) is 1.88. The van der Waals surface area contributed by atoms with Gasteiger partial charge in [-0.15, -0.1) is 0 Å². The molecule has 0 saturated carbocycles. The van der Waals surface area contributed by atoms with E-state index in [2.05, 4.69) is 17.1 Å². The number of ether oxygens (including phenoxy) is 1. The number of aliphatic hydroxyl groups is 1. The van der Waals surface area contributed by atoms with Gasteiger partial charge in [0, 0.05) is 12.8 Å². The topological polar surface area (TPSA) is 42.4 Å². The lowest BCUT2D eigenvalue weighted by Gasteiger charge is -2.10. The molecule has 0 aliphatic rings. The molecule has 1 unspecified atom stereocenters. The Morgan fingerprint density at radius 3 is 2.58 bits per heavy atom. The van der Waals surface area contributed by atoms with Crippen molar-refractivity contribution in [3.63, 3.8) is 0 Å². The number of nitrogens with zero attached hydrogens (tertiary/aromatic N) is 1. The van der Waals surface area contributed by atoms with E-state index in [0.29, 0.717) is 18.9 Å². The highest BCUT2D eigenvalue weighted by Crippen LogP contribution is 2.09. The largest absolute Gasteiger partial charge is 0.384 e. The van der Waals surface area contributed by atoms with E-state index in [9.17, 15) is 5.11 Å². The van der Waals surface area contributed by atoms with E-state index >= 15 is 0 Å². The molecule has 2 aromatic rings. The normalized spacial score (nSPS) is 12.3. The van der Waals surface area contributed by atoms with Gasteiger partial charge in [0.15, 0.2) is 0 Å². The number of rotatable bonds is 7. The molecule has 19 heavy (non-hydrogen) atoms. The second-order valence-corrected chi connectivity index (χ2v) is 4.43. The molecule has 0 aliphatic heterocycles. The lowest BCUT2D eigenvalue weighted by Crippen LogP contribution is -2.09. The van der Waals surface area contributed by atoms with Crippen molar-refractivity contribution in [2.75, 3.05) is 13.2 Å². The van der Waals surface area contributed by atoms with Gasteiger partial charge < -0.3 is 9.84 Å². The molecule has 0 saturated heterocycles. The smallest absolute Gasteiger partial charge is 0.119 e. The average molecular weight is 257 g/mol. The van der Waals surface area contributed by atoms with E-state index in [4.69, 9.17) is 4.74 Å². The maximum absolute atomic E-state index is 9.85. The summed E-state index contributed by atoms with van der Waals surface area (Å²) in [6.07, 6.45) is 2.99. The van der Waals surface area contributed by atoms with Gasteiger partial charge in [-0.1, -0.05) is 36.4 Å². The fourth-order valence-electron chi connectivity index (χ4n) is 1.88. The second-order valence-electron chi connectivity index (χ2n) is 4.43. The Morgan fingerprint density at radius 2 is 1.84 bits per heavy atom. The van der Waals surface area contributed by atoms with Gasteiger partial charge in [-0.2, -0.15) is 0 Å². The molecule has 0 bridgehead atoms. The second kappa shape index (κ2) is 7.67. The zero-order chi connectivity index (χ0) is 13.3. The quantitative estimate of drug-likeness (QED) is 0.775. The molecule has 1 aromatic carbocycles. The van der Waals surface area contributed by atoms with Gasteiger partial charge in [0.2, 0.25) is 0 Å². The standard InChI is InChI=1S/C16H19NO2/c18-16(15-10-4-5-11-17-15)13-19-12-6-9-14-7-2-1-3-8-14/h1-5,7-8,10-11,16,18H,6,9,12-13H2. The number of benzene rings is 1. The van der Waals surface area contributed by atoms with Crippen LogP contribution in [0.2, 0.25) is 0 Å². The Bertz CT molecular complexity index is 459. The van der Waals surface area contributed by atoms with Crippen LogP contribution < -0.4 is 0 Å². The van der Waals surface area contributed by atoms with E-state index in [1.807, 2.05) is 30.3 Å². The Morgan fingerprint density at radius 1 is 1.05 bits per heavy atom. The molecule has 100 valence electrons. The number of aromatic nitrogens is 1. The summed E-state index contributed by atoms with van der Waals surface area (Å²) in [6, 6.07) is 15.8. The summed E-state index contributed by atoms with van der Waals surface area (Å²) in [5, 5.41) is 9.85. The first-order valence-electron chi connectivity index (χ1n) is 6.57. The van der Waals surface area contributed by atoms with Crippen molar-refractivity contribution >= 4 is 0 Å². The monoisotopic (exact) mass is 257 g/mol. The number of aliphatic hydroxyl groups excluding tert-OH is 1. The Balaban J connectivity index is 1.62. The van der Waals surface area contributed by atoms with Crippen molar-refractivity contribution in [2.24, 2.45) is 0 Å². The van der Waals surface area contributed by atoms with Crippen molar-refractivity contribution in [3.05, 3.63) is 66.0 Å². The van der Waals surface area contributed by atoms with Crippen LogP contribution in [-0.2, 0) is 11.2 Å². The lowest BCUT2D eigenvalue weighted by atomic mass is 10.1. The number of pyridine rings is 1. The first kappa shape index (κ1) is 13.7. The summed E-state index contributed by atoms with van der Waals surface area (Å²) in [5.74, 6) is 0. The van der Waals surface area contributed by atoms with Gasteiger partial charge in [0.1, 0.15) is 6.10 Å². The van der Waals surface area contributed by atoms with Crippen LogP contribution in [0.4, 0.5) is 0 Å². The molecule has 3 heteroatoms. The van der Waals surface area contributed by atoms with Crippen LogP contribution in [0.25, 0.3) is 0 Å². The minimum absolute atomic E-state index is 0.297. The maximum Gasteiger partial charge on any atom is 0.119 e. The molecule has 1 aromatic heterocycles. The van der Waals surface area contributed by atoms with Crippen molar-refractivity contribution in [1.29, 1.82) is 0 Å². The molecule has 0 radical (unpaired) electrons. The Labute approximate surface area is 113 Å². The SMILES string of the molecule is OC(COCCCc1ccccc1)c1ccccn1. The van der Waals surface area contributed by atoms with Crippen LogP contribution in [0.15, 0.2) is 54.7 Å². The summed E-state index contributed by atoms with van der Waals surface area (Å²) in [4.78, 5) is 4.10. The number of aryl methyl sites for hydroxylation is 1. The van der Waals surface area contributed by atoms with Crippen LogP contribution in [0, 0.1) is 0 Å². The van der Waals surface area contributed by atoms with Crippen LogP contribution in [0.1, 0.15) is 23.8 Å². The molecule has 0 aliphatic carbocycles. The minimum Gasteiger partial charge on any atom is -0.384 e. The predicted molar refractivity (Wildman–Crippen MR) is 74.8 cm³/mol. The third-order valence-electron chi connectivity index (χ3n) is 2.90. The molecular weight excluding hydrogens is 238 g/mol. The van der Waals surface area contributed by atoms with Gasteiger partial charge in [-0.25, -0.2) is 0 Å². The minimum atomic E-state index is -0.641. The van der Waals surface area contributed by atoms with Crippen molar-refractivity contribution < 1.29 is 9.84 Å². The summed E-state index contributed by atoms with van der Waals surface area (Å²) in [5.41, 5.74) is 1.97. The third-order valence-corrected chi connectivity index (χ3v) is 2.90. The van der Waals surface area contributed by atoms with E-state index < -0.39 is 6.10 Å². The Kier molecular flexibility index (Phi) is 5.53. The van der Waals surface area contributed by atoms with E-state index in [0.717, 1.165) is 12.8 Å². The van der Waals surface area contributed by atoms with E-state index in [-0.39, 0.29) is 0 Å². The molecule has 0 spiro atoms. The number of hydrogen-bond donors (Lipinski definition) is 1. The summed E-state index contributed by atoms with van der Waals surface area (Å²) < 4.78 is 5.48. The summed E-state index contributed by atoms with van der Waals surface area (Å²) >= 11 is 0. The van der Waals surface area contributed by atoms with E-state index in [1.54, 1.807) is 12.3 Å². The molecule has 2 rings (SSSR count). The molecule has 0 amide bonds. The van der Waals surface area contributed by atoms with Crippen molar-refractivity contribution in [1.82, 2.24) is 4.98 Å². The Hall–Kier alpha value is -1.71. The summed E-state index contributed by atoms with van der Waals surface area (Å²) in [6.45, 7) is 0.949. The predicted octanol–water partition coefficient (Wildman–Crippen LogP) is 2.76. The third kappa shape index (κ3) is 4.81. The van der Waals surface area contributed by atoms with Gasteiger partial charge in [0.25, 0.3) is 0 Å². The fraction of sp³-hybridized carbons (Fsp3) is 0.312. The van der Waals surface area contributed by atoms with Crippen molar-refractivity contribution in [2.45, 2.75) is 18.9 Å². The maximum atomic E-state index is 9.85. The van der Waals surface area contributed by atoms with Gasteiger partial charge >= 0.3 is 0 Å². The summed E-state index contributed by atoms with van der Waals surface area (Å²) in [7, 11) is 0. The van der Waals surface area contributed by atoms with Crippen LogP contribution >= 0.6 is 0 Å². The van der Waals surface area contributed by atoms with Gasteiger partial charge in [0.05, 0.1) is 12.3 Å². The molecule has 1 atom stereocenters. The zero-order valence-electron chi connectivity index (χ0n) is 10.9. The molecule has 1 N–H and O–H groups in total. The molecular formula is C16H19NO2. The molecule has 1 heterocycles. The van der Waals surface area contributed by atoms with Crippen LogP contribution in [-0.4, -0.2) is 23.3 Å². The van der Waals surface area contributed by atoms with Gasteiger partial charge in [-0.05, 0) is 30.5 Å². The van der Waals surface area contributed by atoms with E-state index in [1.165, 1.54) is 5.56 Å². The van der Waals surface area contributed by atoms with Crippen molar-refractivity contribution in [3.8, 4) is 0 Å². The first-order chi connectivity index (χ1) is 9.36. The molecule has 0 fully saturated rings. The average Bonchev–Trinajstić information content (AvgIpc) is 2.49. The first-order valence-corrected chi connectivity index (χ1v) is 6.57. The lowest BCUT2D eigenvalue weighted by molar-refractivity contribution is 0.0331.